The van der Waals surface area contributed by atoms with Gasteiger partial charge in [0, 0.05) is 19.1 Å². The molecule has 0 radical (unpaired) electrons. The number of hydrogen-bond donors (Lipinski definition) is 1. The van der Waals surface area contributed by atoms with Crippen molar-refractivity contribution in [2.75, 3.05) is 33.3 Å². The van der Waals surface area contributed by atoms with Gasteiger partial charge in [-0.3, -0.25) is 9.69 Å². The zero-order chi connectivity index (χ0) is 16.6. The molecule has 0 unspecified atom stereocenters. The second kappa shape index (κ2) is 6.10. The van der Waals surface area contributed by atoms with Gasteiger partial charge in [0.15, 0.2) is 0 Å². The number of methoxy groups -OCH3 is 1. The van der Waals surface area contributed by atoms with E-state index in [1.807, 2.05) is 0 Å². The van der Waals surface area contributed by atoms with Crippen LogP contribution in [-0.2, 0) is 10.0 Å². The van der Waals surface area contributed by atoms with Crippen LogP contribution in [0.25, 0.3) is 0 Å². The van der Waals surface area contributed by atoms with Gasteiger partial charge in [-0.1, -0.05) is 0 Å². The first-order valence-corrected chi connectivity index (χ1v) is 9.09. The highest BCUT2D eigenvalue weighted by atomic mass is 32.2. The Morgan fingerprint density at radius 3 is 2.48 bits per heavy atom. The Morgan fingerprint density at radius 1 is 1.26 bits per heavy atom. The van der Waals surface area contributed by atoms with Crippen LogP contribution in [0.15, 0.2) is 23.1 Å². The van der Waals surface area contributed by atoms with Crippen LogP contribution in [0.4, 0.5) is 0 Å². The van der Waals surface area contributed by atoms with Gasteiger partial charge in [0.25, 0.3) is 5.91 Å². The Kier molecular flexibility index (Phi) is 4.31. The molecule has 7 nitrogen and oxygen atoms in total. The predicted octanol–water partition coefficient (Wildman–Crippen LogP) is 0.263. The van der Waals surface area contributed by atoms with Crippen LogP contribution >= 0.6 is 0 Å². The van der Waals surface area contributed by atoms with E-state index >= 15 is 0 Å². The zero-order valence-corrected chi connectivity index (χ0v) is 13.9. The van der Waals surface area contributed by atoms with Crippen LogP contribution in [0.5, 0.6) is 5.75 Å². The standard InChI is InChI=1S/C15H21N3O4S/c1-22-14-5-4-12(8-13(14)15(16)19)23(20,21)18-9-11(10-18)17-6-2-3-7-17/h4-5,8,11H,2-3,6-7,9-10H2,1H3,(H2,16,19). The van der Waals surface area contributed by atoms with Crippen LogP contribution in [0, 0.1) is 0 Å². The number of rotatable bonds is 5. The van der Waals surface area contributed by atoms with Gasteiger partial charge < -0.3 is 10.5 Å². The normalized spacial score (nSPS) is 20.4. The molecule has 0 spiro atoms. The highest BCUT2D eigenvalue weighted by molar-refractivity contribution is 7.89. The van der Waals surface area contributed by atoms with Crippen LogP contribution in [0.1, 0.15) is 23.2 Å². The fourth-order valence-electron chi connectivity index (χ4n) is 3.14. The summed E-state index contributed by atoms with van der Waals surface area (Å²) < 4.78 is 31.8. The molecule has 2 fully saturated rings. The Balaban J connectivity index is 1.78. The molecule has 2 aliphatic rings. The fraction of sp³-hybridized carbons (Fsp3) is 0.533. The topological polar surface area (TPSA) is 92.9 Å². The van der Waals surface area contributed by atoms with Crippen molar-refractivity contribution in [3.05, 3.63) is 23.8 Å². The van der Waals surface area contributed by atoms with Gasteiger partial charge in [0.2, 0.25) is 10.0 Å². The molecule has 2 aliphatic heterocycles. The summed E-state index contributed by atoms with van der Waals surface area (Å²) in [6, 6.07) is 4.51. The number of nitrogens with two attached hydrogens (primary N) is 1. The van der Waals surface area contributed by atoms with E-state index in [0.717, 1.165) is 13.1 Å². The van der Waals surface area contributed by atoms with Crippen LogP contribution in [-0.4, -0.2) is 62.9 Å². The molecule has 0 aromatic heterocycles. The second-order valence-electron chi connectivity index (χ2n) is 5.95. The number of nitrogens with zero attached hydrogens (tertiary/aromatic N) is 2. The van der Waals surface area contributed by atoms with Gasteiger partial charge in [0.05, 0.1) is 17.6 Å². The lowest BCUT2D eigenvalue weighted by molar-refractivity contribution is 0.0997. The maximum atomic E-state index is 12.7. The Hall–Kier alpha value is -1.64. The number of amides is 1. The molecular formula is C15H21N3O4S. The highest BCUT2D eigenvalue weighted by Gasteiger charge is 2.40. The number of primary amides is 1. The zero-order valence-electron chi connectivity index (χ0n) is 13.1. The van der Waals surface area contributed by atoms with Crippen LogP contribution < -0.4 is 10.5 Å². The van der Waals surface area contributed by atoms with Crippen molar-refractivity contribution >= 4 is 15.9 Å². The van der Waals surface area contributed by atoms with E-state index in [0.29, 0.717) is 19.1 Å². The minimum atomic E-state index is -3.60. The minimum Gasteiger partial charge on any atom is -0.496 e. The van der Waals surface area contributed by atoms with Gasteiger partial charge in [-0.15, -0.1) is 0 Å². The van der Waals surface area contributed by atoms with Gasteiger partial charge in [-0.2, -0.15) is 4.31 Å². The first-order valence-electron chi connectivity index (χ1n) is 7.65. The monoisotopic (exact) mass is 339 g/mol. The van der Waals surface area contributed by atoms with Crippen LogP contribution in [0.3, 0.4) is 0 Å². The Labute approximate surface area is 136 Å². The molecule has 0 saturated carbocycles. The quantitative estimate of drug-likeness (QED) is 0.831. The van der Waals surface area contributed by atoms with Crippen molar-refractivity contribution in [2.24, 2.45) is 5.73 Å². The Bertz CT molecular complexity index is 707. The van der Waals surface area contributed by atoms with Gasteiger partial charge in [0.1, 0.15) is 5.75 Å². The lowest BCUT2D eigenvalue weighted by atomic mass is 10.1. The maximum absolute atomic E-state index is 12.7. The summed E-state index contributed by atoms with van der Waals surface area (Å²) >= 11 is 0. The van der Waals surface area contributed by atoms with Crippen molar-refractivity contribution in [1.82, 2.24) is 9.21 Å². The average Bonchev–Trinajstić information content (AvgIpc) is 2.98. The summed E-state index contributed by atoms with van der Waals surface area (Å²) in [6.07, 6.45) is 2.37. The molecular weight excluding hydrogens is 318 g/mol. The lowest BCUT2D eigenvalue weighted by Gasteiger charge is -2.42. The van der Waals surface area contributed by atoms with Crippen molar-refractivity contribution in [3.8, 4) is 5.75 Å². The van der Waals surface area contributed by atoms with E-state index in [9.17, 15) is 13.2 Å². The van der Waals surface area contributed by atoms with Crippen LogP contribution in [0.2, 0.25) is 0 Å². The van der Waals surface area contributed by atoms with E-state index < -0.39 is 15.9 Å². The molecule has 1 amide bonds. The van der Waals surface area contributed by atoms with E-state index in [1.165, 1.54) is 42.5 Å². The van der Waals surface area contributed by atoms with Gasteiger partial charge in [-0.25, -0.2) is 8.42 Å². The predicted molar refractivity (Wildman–Crippen MR) is 84.9 cm³/mol. The number of carbonyl (C=O) groups excluding carboxylic acids is 1. The van der Waals surface area contributed by atoms with E-state index in [4.69, 9.17) is 10.5 Å². The summed E-state index contributed by atoms with van der Waals surface area (Å²) in [6.45, 7) is 3.10. The molecule has 8 heteroatoms. The van der Waals surface area contributed by atoms with E-state index in [-0.39, 0.29) is 16.2 Å². The van der Waals surface area contributed by atoms with Crippen molar-refractivity contribution in [3.63, 3.8) is 0 Å². The Morgan fingerprint density at radius 2 is 1.91 bits per heavy atom. The molecule has 2 heterocycles. The average molecular weight is 339 g/mol. The molecule has 1 aromatic carbocycles. The molecule has 0 atom stereocenters. The largest absolute Gasteiger partial charge is 0.496 e. The lowest BCUT2D eigenvalue weighted by Crippen LogP contribution is -2.60. The number of ether oxygens (including phenoxy) is 1. The first-order chi connectivity index (χ1) is 10.9. The summed E-state index contributed by atoms with van der Waals surface area (Å²) in [5, 5.41) is 0. The molecule has 23 heavy (non-hydrogen) atoms. The summed E-state index contributed by atoms with van der Waals surface area (Å²) in [4.78, 5) is 13.9. The van der Waals surface area contributed by atoms with Crippen molar-refractivity contribution in [2.45, 2.75) is 23.8 Å². The summed E-state index contributed by atoms with van der Waals surface area (Å²) in [7, 11) is -2.19. The number of carbonyl (C=O) groups is 1. The number of benzene rings is 1. The minimum absolute atomic E-state index is 0.0743. The van der Waals surface area contributed by atoms with Crippen molar-refractivity contribution < 1.29 is 17.9 Å². The maximum Gasteiger partial charge on any atom is 0.252 e. The third-order valence-corrected chi connectivity index (χ3v) is 6.39. The number of sulfonamides is 1. The molecule has 1 aromatic rings. The molecule has 3 rings (SSSR count). The first kappa shape index (κ1) is 16.2. The van der Waals surface area contributed by atoms with Gasteiger partial charge in [-0.05, 0) is 44.1 Å². The molecule has 0 aliphatic carbocycles. The smallest absolute Gasteiger partial charge is 0.252 e. The highest BCUT2D eigenvalue weighted by Crippen LogP contribution is 2.29. The molecule has 2 saturated heterocycles. The third-order valence-electron chi connectivity index (χ3n) is 4.56. The molecule has 0 bridgehead atoms. The number of likely N-dealkylation sites (tertiary alicyclic amines) is 1. The SMILES string of the molecule is COc1ccc(S(=O)(=O)N2CC(N3CCCC3)C2)cc1C(N)=O. The third kappa shape index (κ3) is 2.93. The van der Waals surface area contributed by atoms with Crippen molar-refractivity contribution in [1.29, 1.82) is 0 Å². The van der Waals surface area contributed by atoms with Gasteiger partial charge >= 0.3 is 0 Å². The van der Waals surface area contributed by atoms with E-state index in [2.05, 4.69) is 4.90 Å². The van der Waals surface area contributed by atoms with E-state index in [1.54, 1.807) is 0 Å². The molecule has 126 valence electrons. The summed E-state index contributed by atoms with van der Waals surface area (Å²) in [5.41, 5.74) is 5.37. The fourth-order valence-corrected chi connectivity index (χ4v) is 4.68. The summed E-state index contributed by atoms with van der Waals surface area (Å²) in [5.74, 6) is -0.438. The second-order valence-corrected chi connectivity index (χ2v) is 7.88. The number of hydrogen-bond acceptors (Lipinski definition) is 5. The molecule has 2 N–H and O–H groups in total.